The van der Waals surface area contributed by atoms with Gasteiger partial charge in [-0.15, -0.1) is 0 Å². The summed E-state index contributed by atoms with van der Waals surface area (Å²) in [6, 6.07) is 4.97. The molecule has 1 aromatic heterocycles. The molecule has 1 heterocycles. The molecule has 0 saturated heterocycles. The summed E-state index contributed by atoms with van der Waals surface area (Å²) in [5.74, 6) is 0.691. The van der Waals surface area contributed by atoms with Crippen LogP contribution in [0, 0.1) is 0 Å². The van der Waals surface area contributed by atoms with Crippen molar-refractivity contribution in [3.63, 3.8) is 0 Å². The normalized spacial score (nSPS) is 10.2. The largest absolute Gasteiger partial charge is 0.496 e. The summed E-state index contributed by atoms with van der Waals surface area (Å²) in [7, 11) is 1.51. The molecule has 2 rings (SSSR count). The monoisotopic (exact) mass is 252 g/mol. The highest BCUT2D eigenvalue weighted by molar-refractivity contribution is 6.30. The molecule has 7 heteroatoms. The molecular weight excluding hydrogens is 244 g/mol. The number of rotatable bonds is 2. The van der Waals surface area contributed by atoms with Gasteiger partial charge in [-0.25, -0.2) is 4.79 Å². The number of nitrogen functional groups attached to an aromatic ring is 1. The lowest BCUT2D eigenvalue weighted by Crippen LogP contribution is -2.15. The van der Waals surface area contributed by atoms with E-state index in [0.717, 1.165) is 0 Å². The van der Waals surface area contributed by atoms with Gasteiger partial charge in [0.1, 0.15) is 11.6 Å². The van der Waals surface area contributed by atoms with E-state index in [4.69, 9.17) is 22.1 Å². The molecule has 88 valence electrons. The molecule has 0 spiro atoms. The van der Waals surface area contributed by atoms with Crippen LogP contribution >= 0.6 is 11.6 Å². The number of nitrogens with zero attached hydrogens (tertiary/aromatic N) is 2. The van der Waals surface area contributed by atoms with E-state index in [1.165, 1.54) is 7.11 Å². The van der Waals surface area contributed by atoms with Gasteiger partial charge in [-0.1, -0.05) is 11.6 Å². The molecule has 0 amide bonds. The predicted octanol–water partition coefficient (Wildman–Crippen LogP) is 1.08. The van der Waals surface area contributed by atoms with Gasteiger partial charge in [0, 0.05) is 5.02 Å². The Morgan fingerprint density at radius 1 is 1.41 bits per heavy atom. The van der Waals surface area contributed by atoms with Gasteiger partial charge in [0.2, 0.25) is 5.95 Å². The van der Waals surface area contributed by atoms with E-state index in [0.29, 0.717) is 16.3 Å². The molecule has 0 aliphatic heterocycles. The fraction of sp³-hybridized carbons (Fsp3) is 0.100. The van der Waals surface area contributed by atoms with Crippen LogP contribution in [-0.2, 0) is 0 Å². The third-order valence-electron chi connectivity index (χ3n) is 2.08. The second-order valence-corrected chi connectivity index (χ2v) is 3.64. The number of hydrogen-bond acceptors (Lipinski definition) is 5. The lowest BCUT2D eigenvalue weighted by atomic mass is 10.2. The van der Waals surface area contributed by atoms with E-state index < -0.39 is 5.69 Å². The maximum Gasteiger partial charge on any atom is 0.349 e. The average Bonchev–Trinajstić information content (AvgIpc) is 2.27. The molecule has 0 unspecified atom stereocenters. The molecule has 17 heavy (non-hydrogen) atoms. The molecule has 0 saturated carbocycles. The van der Waals surface area contributed by atoms with Crippen molar-refractivity contribution in [3.05, 3.63) is 33.7 Å². The Morgan fingerprint density at radius 3 is 2.82 bits per heavy atom. The molecular formula is C10H9ClN4O2. The molecule has 6 nitrogen and oxygen atoms in total. The SMILES string of the molecule is COc1ccc(Cl)cc1-c1nc(N)nc(=O)[nH]1. The standard InChI is InChI=1S/C10H9ClN4O2/c1-17-7-3-2-5(11)4-6(7)8-13-9(12)15-10(16)14-8/h2-4H,1H3,(H3,12,13,14,15,16). The van der Waals surface area contributed by atoms with E-state index in [1.54, 1.807) is 18.2 Å². The van der Waals surface area contributed by atoms with Gasteiger partial charge in [0.25, 0.3) is 0 Å². The summed E-state index contributed by atoms with van der Waals surface area (Å²) in [5, 5.41) is 0.499. The molecule has 2 aromatic rings. The topological polar surface area (TPSA) is 93.9 Å². The molecule has 0 aliphatic carbocycles. The Kier molecular flexibility index (Phi) is 2.97. The second-order valence-electron chi connectivity index (χ2n) is 3.21. The summed E-state index contributed by atoms with van der Waals surface area (Å²) in [4.78, 5) is 21.0. The Hall–Kier alpha value is -2.08. The van der Waals surface area contributed by atoms with Crippen LogP contribution in [0.1, 0.15) is 0 Å². The van der Waals surface area contributed by atoms with Crippen LogP contribution in [0.4, 0.5) is 5.95 Å². The average molecular weight is 253 g/mol. The zero-order valence-corrected chi connectivity index (χ0v) is 9.65. The van der Waals surface area contributed by atoms with E-state index in [-0.39, 0.29) is 11.8 Å². The van der Waals surface area contributed by atoms with E-state index in [9.17, 15) is 4.79 Å². The fourth-order valence-corrected chi connectivity index (χ4v) is 1.57. The zero-order chi connectivity index (χ0) is 12.4. The van der Waals surface area contributed by atoms with Crippen LogP contribution in [-0.4, -0.2) is 22.1 Å². The number of aromatic nitrogens is 3. The number of nitrogens with two attached hydrogens (primary N) is 1. The van der Waals surface area contributed by atoms with Crippen molar-refractivity contribution in [2.75, 3.05) is 12.8 Å². The predicted molar refractivity (Wildman–Crippen MR) is 64.1 cm³/mol. The maximum atomic E-state index is 11.2. The van der Waals surface area contributed by atoms with Crippen molar-refractivity contribution in [1.29, 1.82) is 0 Å². The third kappa shape index (κ3) is 2.36. The summed E-state index contributed by atoms with van der Waals surface area (Å²) in [5.41, 5.74) is 5.38. The lowest BCUT2D eigenvalue weighted by molar-refractivity contribution is 0.416. The Morgan fingerprint density at radius 2 is 2.18 bits per heavy atom. The summed E-state index contributed by atoms with van der Waals surface area (Å²) < 4.78 is 5.15. The first-order valence-corrected chi connectivity index (χ1v) is 5.05. The molecule has 0 radical (unpaired) electrons. The molecule has 3 N–H and O–H groups in total. The first kappa shape index (κ1) is 11.4. The number of methoxy groups -OCH3 is 1. The van der Waals surface area contributed by atoms with Crippen LogP contribution in [0.5, 0.6) is 5.75 Å². The number of aromatic amines is 1. The van der Waals surface area contributed by atoms with E-state index in [1.807, 2.05) is 0 Å². The van der Waals surface area contributed by atoms with Crippen LogP contribution in [0.3, 0.4) is 0 Å². The van der Waals surface area contributed by atoms with E-state index >= 15 is 0 Å². The molecule has 1 aromatic carbocycles. The zero-order valence-electron chi connectivity index (χ0n) is 8.90. The van der Waals surface area contributed by atoms with Crippen molar-refractivity contribution in [2.24, 2.45) is 0 Å². The van der Waals surface area contributed by atoms with Gasteiger partial charge in [-0.2, -0.15) is 9.97 Å². The van der Waals surface area contributed by atoms with Crippen molar-refractivity contribution < 1.29 is 4.74 Å². The Bertz CT molecular complexity index is 611. The molecule has 0 bridgehead atoms. The summed E-state index contributed by atoms with van der Waals surface area (Å²) >= 11 is 5.88. The highest BCUT2D eigenvalue weighted by Crippen LogP contribution is 2.29. The third-order valence-corrected chi connectivity index (χ3v) is 2.32. The maximum absolute atomic E-state index is 11.2. The lowest BCUT2D eigenvalue weighted by Gasteiger charge is -2.07. The van der Waals surface area contributed by atoms with Crippen LogP contribution in [0.2, 0.25) is 5.02 Å². The summed E-state index contributed by atoms with van der Waals surface area (Å²) in [6.07, 6.45) is 0. The number of anilines is 1. The Labute approximate surface area is 101 Å². The quantitative estimate of drug-likeness (QED) is 0.834. The number of halogens is 1. The van der Waals surface area contributed by atoms with E-state index in [2.05, 4.69) is 15.0 Å². The minimum atomic E-state index is -0.575. The Balaban J connectivity index is 2.66. The minimum absolute atomic E-state index is 0.106. The number of H-pyrrole nitrogens is 1. The number of benzene rings is 1. The van der Waals surface area contributed by atoms with Crippen LogP contribution in [0.25, 0.3) is 11.4 Å². The van der Waals surface area contributed by atoms with Gasteiger partial charge in [0.15, 0.2) is 0 Å². The highest BCUT2D eigenvalue weighted by atomic mass is 35.5. The van der Waals surface area contributed by atoms with Gasteiger partial charge < -0.3 is 10.5 Å². The molecule has 0 aliphatic rings. The van der Waals surface area contributed by atoms with Gasteiger partial charge in [-0.05, 0) is 18.2 Å². The number of ether oxygens (including phenoxy) is 1. The molecule has 0 fully saturated rings. The molecule has 0 atom stereocenters. The van der Waals surface area contributed by atoms with Gasteiger partial charge in [0.05, 0.1) is 12.7 Å². The smallest absolute Gasteiger partial charge is 0.349 e. The van der Waals surface area contributed by atoms with Crippen molar-refractivity contribution in [2.45, 2.75) is 0 Å². The van der Waals surface area contributed by atoms with Crippen LogP contribution < -0.4 is 16.2 Å². The second kappa shape index (κ2) is 4.42. The minimum Gasteiger partial charge on any atom is -0.496 e. The van der Waals surface area contributed by atoms with Gasteiger partial charge in [-0.3, -0.25) is 4.98 Å². The van der Waals surface area contributed by atoms with Crippen molar-refractivity contribution in [1.82, 2.24) is 15.0 Å². The van der Waals surface area contributed by atoms with Crippen LogP contribution in [0.15, 0.2) is 23.0 Å². The van der Waals surface area contributed by atoms with Gasteiger partial charge >= 0.3 is 5.69 Å². The highest BCUT2D eigenvalue weighted by Gasteiger charge is 2.10. The van der Waals surface area contributed by atoms with Crippen molar-refractivity contribution in [3.8, 4) is 17.1 Å². The summed E-state index contributed by atoms with van der Waals surface area (Å²) in [6.45, 7) is 0. The first-order chi connectivity index (χ1) is 8.10. The van der Waals surface area contributed by atoms with Crippen molar-refractivity contribution >= 4 is 17.5 Å². The number of hydrogen-bond donors (Lipinski definition) is 2. The first-order valence-electron chi connectivity index (χ1n) is 4.68. The number of nitrogens with one attached hydrogen (secondary N) is 1. The fourth-order valence-electron chi connectivity index (χ4n) is 1.39.